The number of anilines is 2. The normalized spacial score (nSPS) is 19.9. The van der Waals surface area contributed by atoms with Crippen molar-refractivity contribution in [2.75, 3.05) is 30.4 Å². The fourth-order valence-electron chi connectivity index (χ4n) is 2.88. The van der Waals surface area contributed by atoms with Crippen LogP contribution in [0.2, 0.25) is 0 Å². The van der Waals surface area contributed by atoms with E-state index >= 15 is 0 Å². The predicted octanol–water partition coefficient (Wildman–Crippen LogP) is 2.14. The Bertz CT molecular complexity index is 480. The highest BCUT2D eigenvalue weighted by Crippen LogP contribution is 2.44. The Kier molecular flexibility index (Phi) is 3.87. The molecule has 1 saturated carbocycles. The summed E-state index contributed by atoms with van der Waals surface area (Å²) in [5.41, 5.74) is 2.07. The average molecular weight is 275 g/mol. The van der Waals surface area contributed by atoms with Crippen LogP contribution in [0, 0.1) is 0 Å². The molecule has 1 N–H and O–H groups in total. The highest BCUT2D eigenvalue weighted by Gasteiger charge is 2.30. The largest absolute Gasteiger partial charge is 0.381 e. The molecule has 3 rings (SSSR count). The van der Waals surface area contributed by atoms with Crippen LogP contribution in [-0.2, 0) is 9.53 Å². The van der Waals surface area contributed by atoms with Gasteiger partial charge in [-0.1, -0.05) is 0 Å². The van der Waals surface area contributed by atoms with Crippen molar-refractivity contribution in [3.8, 4) is 0 Å². The van der Waals surface area contributed by atoms with Crippen LogP contribution in [0.15, 0.2) is 12.3 Å². The van der Waals surface area contributed by atoms with Crippen LogP contribution in [0.5, 0.6) is 0 Å². The molecule has 0 bridgehead atoms. The van der Waals surface area contributed by atoms with Gasteiger partial charge in [0.1, 0.15) is 5.82 Å². The number of aromatic nitrogens is 1. The zero-order valence-corrected chi connectivity index (χ0v) is 11.8. The molecule has 0 unspecified atom stereocenters. The van der Waals surface area contributed by atoms with Gasteiger partial charge in [0.15, 0.2) is 0 Å². The molecule has 2 heterocycles. The molecule has 2 fully saturated rings. The second-order valence-corrected chi connectivity index (χ2v) is 5.60. The smallest absolute Gasteiger partial charge is 0.211 e. The summed E-state index contributed by atoms with van der Waals surface area (Å²) in [6.45, 7) is 1.98. The van der Waals surface area contributed by atoms with Crippen LogP contribution in [-0.4, -0.2) is 37.7 Å². The minimum atomic E-state index is 0.381. The predicted molar refractivity (Wildman–Crippen MR) is 78.1 cm³/mol. The number of carbonyl (C=O) groups is 1. The number of ether oxygens (including phenoxy) is 1. The number of pyridine rings is 1. The van der Waals surface area contributed by atoms with E-state index in [1.54, 1.807) is 13.3 Å². The Labute approximate surface area is 119 Å². The van der Waals surface area contributed by atoms with Crippen LogP contribution in [0.4, 0.5) is 11.5 Å². The molecule has 1 aliphatic carbocycles. The van der Waals surface area contributed by atoms with Gasteiger partial charge in [0, 0.05) is 20.2 Å². The van der Waals surface area contributed by atoms with Gasteiger partial charge in [-0.15, -0.1) is 0 Å². The van der Waals surface area contributed by atoms with Crippen LogP contribution in [0.25, 0.3) is 0 Å². The lowest BCUT2D eigenvalue weighted by Gasteiger charge is -2.33. The van der Waals surface area contributed by atoms with Crippen molar-refractivity contribution < 1.29 is 9.53 Å². The SMILES string of the molecule is COC1CCN(c2ncc(NC=O)cc2C2CC2)CC1. The van der Waals surface area contributed by atoms with Gasteiger partial charge in [-0.05, 0) is 43.2 Å². The van der Waals surface area contributed by atoms with Crippen LogP contribution in [0.3, 0.4) is 0 Å². The molecule has 1 amide bonds. The Morgan fingerprint density at radius 2 is 2.10 bits per heavy atom. The summed E-state index contributed by atoms with van der Waals surface area (Å²) >= 11 is 0. The van der Waals surface area contributed by atoms with E-state index in [0.717, 1.165) is 37.4 Å². The van der Waals surface area contributed by atoms with Crippen molar-refractivity contribution in [1.29, 1.82) is 0 Å². The standard InChI is InChI=1S/C15H21N3O2/c1-20-13-4-6-18(7-5-13)15-14(11-2-3-11)8-12(9-16-15)17-10-19/h8-11,13H,2-7H2,1H3,(H,17,19). The van der Waals surface area contributed by atoms with Crippen LogP contribution in [0.1, 0.15) is 37.2 Å². The fourth-order valence-corrected chi connectivity index (χ4v) is 2.88. The summed E-state index contributed by atoms with van der Waals surface area (Å²) in [6.07, 6.45) is 7.40. The second-order valence-electron chi connectivity index (χ2n) is 5.60. The fraction of sp³-hybridized carbons (Fsp3) is 0.600. The second kappa shape index (κ2) is 5.79. The van der Waals surface area contributed by atoms with Crippen molar-refractivity contribution in [2.45, 2.75) is 37.7 Å². The van der Waals surface area contributed by atoms with Crippen molar-refractivity contribution in [3.05, 3.63) is 17.8 Å². The molecule has 1 aromatic rings. The average Bonchev–Trinajstić information content (AvgIpc) is 3.32. The molecule has 1 aromatic heterocycles. The number of amides is 1. The lowest BCUT2D eigenvalue weighted by atomic mass is 10.1. The maximum absolute atomic E-state index is 10.6. The first-order valence-corrected chi connectivity index (χ1v) is 7.29. The molecule has 5 nitrogen and oxygen atoms in total. The molecule has 0 atom stereocenters. The van der Waals surface area contributed by atoms with Crippen molar-refractivity contribution >= 4 is 17.9 Å². The summed E-state index contributed by atoms with van der Waals surface area (Å²) in [5.74, 6) is 1.71. The van der Waals surface area contributed by atoms with Crippen LogP contribution >= 0.6 is 0 Å². The Morgan fingerprint density at radius 1 is 1.35 bits per heavy atom. The molecule has 5 heteroatoms. The Morgan fingerprint density at radius 3 is 2.70 bits per heavy atom. The third kappa shape index (κ3) is 2.77. The quantitative estimate of drug-likeness (QED) is 0.837. The number of nitrogens with zero attached hydrogens (tertiary/aromatic N) is 2. The minimum absolute atomic E-state index is 0.381. The van der Waals surface area contributed by atoms with E-state index in [0.29, 0.717) is 18.4 Å². The van der Waals surface area contributed by atoms with Crippen molar-refractivity contribution in [1.82, 2.24) is 4.98 Å². The topological polar surface area (TPSA) is 54.5 Å². The van der Waals surface area contributed by atoms with E-state index in [2.05, 4.69) is 21.3 Å². The molecule has 0 radical (unpaired) electrons. The Balaban J connectivity index is 1.80. The first kappa shape index (κ1) is 13.4. The molecule has 2 aliphatic rings. The molecule has 1 saturated heterocycles. The minimum Gasteiger partial charge on any atom is -0.381 e. The number of hydrogen-bond acceptors (Lipinski definition) is 4. The van der Waals surface area contributed by atoms with Gasteiger partial charge in [-0.3, -0.25) is 4.79 Å². The maximum atomic E-state index is 10.6. The molecule has 108 valence electrons. The summed E-state index contributed by atoms with van der Waals surface area (Å²) in [7, 11) is 1.79. The van der Waals surface area contributed by atoms with Gasteiger partial charge in [0.05, 0.1) is 18.0 Å². The number of methoxy groups -OCH3 is 1. The van der Waals surface area contributed by atoms with Gasteiger partial charge in [-0.25, -0.2) is 4.98 Å². The molecule has 0 aromatic carbocycles. The van der Waals surface area contributed by atoms with Crippen molar-refractivity contribution in [3.63, 3.8) is 0 Å². The van der Waals surface area contributed by atoms with Gasteiger partial charge in [0.25, 0.3) is 0 Å². The van der Waals surface area contributed by atoms with E-state index in [1.165, 1.54) is 18.4 Å². The van der Waals surface area contributed by atoms with Crippen LogP contribution < -0.4 is 10.2 Å². The molecular formula is C15H21N3O2. The number of piperidine rings is 1. The van der Waals surface area contributed by atoms with Gasteiger partial charge < -0.3 is 15.0 Å². The first-order valence-electron chi connectivity index (χ1n) is 7.29. The van der Waals surface area contributed by atoms with Gasteiger partial charge in [0.2, 0.25) is 6.41 Å². The monoisotopic (exact) mass is 275 g/mol. The number of nitrogens with one attached hydrogen (secondary N) is 1. The number of hydrogen-bond donors (Lipinski definition) is 1. The summed E-state index contributed by atoms with van der Waals surface area (Å²) < 4.78 is 5.42. The maximum Gasteiger partial charge on any atom is 0.211 e. The van der Waals surface area contributed by atoms with E-state index in [4.69, 9.17) is 4.74 Å². The summed E-state index contributed by atoms with van der Waals surface area (Å²) in [5, 5.41) is 2.70. The summed E-state index contributed by atoms with van der Waals surface area (Å²) in [6, 6.07) is 2.08. The lowest BCUT2D eigenvalue weighted by molar-refractivity contribution is -0.105. The third-order valence-corrected chi connectivity index (χ3v) is 4.21. The van der Waals surface area contributed by atoms with E-state index in [-0.39, 0.29) is 0 Å². The Hall–Kier alpha value is -1.62. The van der Waals surface area contributed by atoms with Gasteiger partial charge in [-0.2, -0.15) is 0 Å². The molecule has 0 spiro atoms. The van der Waals surface area contributed by atoms with E-state index in [1.807, 2.05) is 0 Å². The highest BCUT2D eigenvalue weighted by molar-refractivity contribution is 5.72. The van der Waals surface area contributed by atoms with E-state index < -0.39 is 0 Å². The van der Waals surface area contributed by atoms with Gasteiger partial charge >= 0.3 is 0 Å². The highest BCUT2D eigenvalue weighted by atomic mass is 16.5. The third-order valence-electron chi connectivity index (χ3n) is 4.21. The first-order chi connectivity index (χ1) is 9.81. The summed E-state index contributed by atoms with van der Waals surface area (Å²) in [4.78, 5) is 17.5. The lowest BCUT2D eigenvalue weighted by Crippen LogP contribution is -2.37. The number of rotatable bonds is 5. The molecular weight excluding hydrogens is 254 g/mol. The molecule has 1 aliphatic heterocycles. The van der Waals surface area contributed by atoms with E-state index in [9.17, 15) is 4.79 Å². The zero-order valence-electron chi connectivity index (χ0n) is 11.8. The number of carbonyl (C=O) groups excluding carboxylic acids is 1. The molecule has 20 heavy (non-hydrogen) atoms. The zero-order chi connectivity index (χ0) is 13.9. The van der Waals surface area contributed by atoms with Crippen molar-refractivity contribution in [2.24, 2.45) is 0 Å².